The minimum atomic E-state index is -0.822. The maximum Gasteiger partial charge on any atom is 0.338 e. The fraction of sp³-hybridized carbons (Fsp3) is 0.429. The Bertz CT molecular complexity index is 1140. The van der Waals surface area contributed by atoms with Crippen molar-refractivity contribution in [2.45, 2.75) is 13.0 Å². The Hall–Kier alpha value is -2.44. The summed E-state index contributed by atoms with van der Waals surface area (Å²) in [5, 5.41) is 7.59. The molecule has 2 aliphatic heterocycles. The zero-order valence-corrected chi connectivity index (χ0v) is 20.7. The lowest BCUT2D eigenvalue weighted by molar-refractivity contribution is -0.139. The molecule has 1 unspecified atom stereocenters. The number of rotatable bonds is 6. The second-order valence-electron chi connectivity index (χ2n) is 7.65. The van der Waals surface area contributed by atoms with Gasteiger partial charge < -0.3 is 10.1 Å². The van der Waals surface area contributed by atoms with E-state index in [1.165, 1.54) is 12.1 Å². The molecule has 1 aromatic carbocycles. The van der Waals surface area contributed by atoms with Gasteiger partial charge in [0.15, 0.2) is 5.84 Å². The lowest BCUT2D eigenvalue weighted by Crippen LogP contribution is -2.44. The van der Waals surface area contributed by atoms with Crippen molar-refractivity contribution in [3.63, 3.8) is 0 Å². The number of aryl methyl sites for hydroxylation is 1. The number of hydrogen-bond acceptors (Lipinski definition) is 8. The Kier molecular flexibility index (Phi) is 7.35. The molecule has 0 amide bonds. The molecule has 1 atom stereocenters. The molecule has 12 heteroatoms. The van der Waals surface area contributed by atoms with Crippen LogP contribution in [-0.4, -0.2) is 73.4 Å². The molecule has 0 aliphatic carbocycles. The third-order valence-electron chi connectivity index (χ3n) is 5.34. The molecule has 176 valence electrons. The van der Waals surface area contributed by atoms with Crippen LogP contribution in [0.25, 0.3) is 0 Å². The Morgan fingerprint density at radius 1 is 1.36 bits per heavy atom. The normalized spacial score (nSPS) is 19.9. The molecule has 2 aromatic rings. The van der Waals surface area contributed by atoms with Crippen LogP contribution in [0.5, 0.6) is 0 Å². The van der Waals surface area contributed by atoms with Gasteiger partial charge in [-0.2, -0.15) is 0 Å². The van der Waals surface area contributed by atoms with Gasteiger partial charge in [-0.05, 0) is 24.6 Å². The van der Waals surface area contributed by atoms with Gasteiger partial charge in [-0.15, -0.1) is 5.10 Å². The quantitative estimate of drug-likeness (QED) is 0.558. The van der Waals surface area contributed by atoms with Crippen LogP contribution in [0, 0.1) is 5.82 Å². The van der Waals surface area contributed by atoms with Crippen molar-refractivity contribution in [3.05, 3.63) is 57.5 Å². The summed E-state index contributed by atoms with van der Waals surface area (Å²) >= 11 is 3.42. The predicted octanol–water partition coefficient (Wildman–Crippen LogP) is 1.69. The van der Waals surface area contributed by atoms with Gasteiger partial charge >= 0.3 is 5.97 Å². The number of nitrogens with zero attached hydrogens (tertiary/aromatic N) is 5. The van der Waals surface area contributed by atoms with Gasteiger partial charge in [0.1, 0.15) is 18.2 Å². The minimum Gasteiger partial charge on any atom is -0.463 e. The smallest absolute Gasteiger partial charge is 0.338 e. The molecule has 1 saturated heterocycles. The number of benzene rings is 1. The third-order valence-corrected chi connectivity index (χ3v) is 7.30. The molecule has 0 saturated carbocycles. The zero-order chi connectivity index (χ0) is 23.5. The average Bonchev–Trinajstić information content (AvgIpc) is 3.21. The number of hydrogen-bond donors (Lipinski definition) is 1. The minimum absolute atomic E-state index is 0.202. The topological polar surface area (TPSA) is 102 Å². The number of amidine groups is 1. The van der Waals surface area contributed by atoms with E-state index in [-0.39, 0.29) is 6.61 Å². The Morgan fingerprint density at radius 2 is 2.12 bits per heavy atom. The van der Waals surface area contributed by atoms with E-state index in [1.54, 1.807) is 31.0 Å². The number of ether oxygens (including phenoxy) is 1. The first-order valence-corrected chi connectivity index (χ1v) is 12.8. The summed E-state index contributed by atoms with van der Waals surface area (Å²) in [6.45, 7) is 3.64. The fourth-order valence-corrected chi connectivity index (χ4v) is 5.43. The van der Waals surface area contributed by atoms with E-state index < -0.39 is 28.6 Å². The molecule has 0 bridgehead atoms. The summed E-state index contributed by atoms with van der Waals surface area (Å²) < 4.78 is 33.1. The van der Waals surface area contributed by atoms with E-state index in [9.17, 15) is 13.4 Å². The average molecular weight is 539 g/mol. The van der Waals surface area contributed by atoms with E-state index in [2.05, 4.69) is 36.2 Å². The van der Waals surface area contributed by atoms with Gasteiger partial charge in [-0.3, -0.25) is 18.8 Å². The van der Waals surface area contributed by atoms with Gasteiger partial charge in [-0.1, -0.05) is 22.0 Å². The van der Waals surface area contributed by atoms with Gasteiger partial charge in [-0.25, -0.2) is 14.2 Å². The Balaban J connectivity index is 1.81. The first-order chi connectivity index (χ1) is 15.9. The molecule has 1 N–H and O–H groups in total. The number of nitrogens with one attached hydrogen (secondary N) is 1. The molecule has 1 aromatic heterocycles. The van der Waals surface area contributed by atoms with Crippen LogP contribution in [-0.2, 0) is 27.4 Å². The van der Waals surface area contributed by atoms with Gasteiger partial charge in [0.2, 0.25) is 5.82 Å². The van der Waals surface area contributed by atoms with Crippen LogP contribution >= 0.6 is 15.9 Å². The maximum absolute atomic E-state index is 13.8. The van der Waals surface area contributed by atoms with Crippen molar-refractivity contribution < 1.29 is 18.1 Å². The maximum atomic E-state index is 13.8. The standard InChI is InChI=1S/C21H24BrFN6O3S/c1-3-32-21(30)17-16(11-29-6-8-33(31)9-7-29)25-20(19-24-12-28(2)27-19)26-18(17)14-5-4-13(23)10-15(14)22/h4-5,10,12,18H,3,6-9,11H2,1-2H3,(H,25,26). The Morgan fingerprint density at radius 3 is 2.76 bits per heavy atom. The molecule has 9 nitrogen and oxygen atoms in total. The lowest BCUT2D eigenvalue weighted by atomic mass is 9.95. The van der Waals surface area contributed by atoms with E-state index in [0.29, 0.717) is 64.1 Å². The second kappa shape index (κ2) is 10.2. The highest BCUT2D eigenvalue weighted by Gasteiger charge is 2.35. The van der Waals surface area contributed by atoms with Crippen molar-refractivity contribution in [1.29, 1.82) is 0 Å². The van der Waals surface area contributed by atoms with Gasteiger partial charge in [0.25, 0.3) is 0 Å². The highest BCUT2D eigenvalue weighted by Crippen LogP contribution is 2.36. The van der Waals surface area contributed by atoms with Gasteiger partial charge in [0.05, 0.1) is 12.2 Å². The molecule has 2 aliphatic rings. The summed E-state index contributed by atoms with van der Waals surface area (Å²) in [6, 6.07) is 3.52. The Labute approximate surface area is 201 Å². The number of carbonyl (C=O) groups is 1. The van der Waals surface area contributed by atoms with Crippen LogP contribution in [0.2, 0.25) is 0 Å². The highest BCUT2D eigenvalue weighted by atomic mass is 79.9. The first kappa shape index (κ1) is 23.7. The molecule has 33 heavy (non-hydrogen) atoms. The van der Waals surface area contributed by atoms with Crippen LogP contribution < -0.4 is 5.32 Å². The van der Waals surface area contributed by atoms with Crippen LogP contribution in [0.3, 0.4) is 0 Å². The van der Waals surface area contributed by atoms with Crippen molar-refractivity contribution in [1.82, 2.24) is 25.0 Å². The molecular formula is C21H24BrFN6O3S. The van der Waals surface area contributed by atoms with Crippen molar-refractivity contribution in [2.75, 3.05) is 37.7 Å². The first-order valence-electron chi connectivity index (χ1n) is 10.5. The van der Waals surface area contributed by atoms with Crippen LogP contribution in [0.15, 0.2) is 45.3 Å². The van der Waals surface area contributed by atoms with Crippen LogP contribution in [0.4, 0.5) is 4.39 Å². The lowest BCUT2D eigenvalue weighted by Gasteiger charge is -2.32. The van der Waals surface area contributed by atoms with Crippen molar-refractivity contribution >= 4 is 38.5 Å². The number of halogens is 2. The highest BCUT2D eigenvalue weighted by molar-refractivity contribution is 9.10. The molecule has 1 fully saturated rings. The van der Waals surface area contributed by atoms with Crippen molar-refractivity contribution in [2.24, 2.45) is 12.0 Å². The monoisotopic (exact) mass is 538 g/mol. The summed E-state index contributed by atoms with van der Waals surface area (Å²) in [5.74, 6) is 1.04. The summed E-state index contributed by atoms with van der Waals surface area (Å²) in [7, 11) is 0.931. The largest absolute Gasteiger partial charge is 0.463 e. The number of esters is 1. The second-order valence-corrected chi connectivity index (χ2v) is 10.2. The summed E-state index contributed by atoms with van der Waals surface area (Å²) in [6.07, 6.45) is 1.56. The molecule has 4 rings (SSSR count). The van der Waals surface area contributed by atoms with Crippen molar-refractivity contribution in [3.8, 4) is 0 Å². The fourth-order valence-electron chi connectivity index (χ4n) is 3.74. The number of aromatic nitrogens is 3. The summed E-state index contributed by atoms with van der Waals surface area (Å²) in [4.78, 5) is 24.3. The summed E-state index contributed by atoms with van der Waals surface area (Å²) in [5.41, 5.74) is 1.57. The van der Waals surface area contributed by atoms with E-state index in [1.807, 2.05) is 0 Å². The number of aliphatic imine (C=N–C) groups is 1. The number of carbonyl (C=O) groups excluding carboxylic acids is 1. The van der Waals surface area contributed by atoms with Crippen LogP contribution in [0.1, 0.15) is 24.4 Å². The van der Waals surface area contributed by atoms with E-state index in [0.717, 1.165) is 0 Å². The molecular weight excluding hydrogens is 515 g/mol. The van der Waals surface area contributed by atoms with Gasteiger partial charge in [0, 0.05) is 59.2 Å². The molecule has 3 heterocycles. The van der Waals surface area contributed by atoms with E-state index >= 15 is 0 Å². The SMILES string of the molecule is CCOC(=O)C1=C(CN2CCS(=O)CC2)NC(c2ncn(C)n2)=NC1c1ccc(F)cc1Br. The molecule has 0 spiro atoms. The third kappa shape index (κ3) is 5.39. The predicted molar refractivity (Wildman–Crippen MR) is 125 cm³/mol. The zero-order valence-electron chi connectivity index (χ0n) is 18.3. The molecule has 0 radical (unpaired) electrons. The van der Waals surface area contributed by atoms with E-state index in [4.69, 9.17) is 9.73 Å².